The molecule has 2 aromatic carbocycles. The smallest absolute Gasteiger partial charge is 0.194 e. The molecule has 4 atom stereocenters. The lowest BCUT2D eigenvalue weighted by molar-refractivity contribution is -0.107. The van der Waals surface area contributed by atoms with Gasteiger partial charge in [-0.05, 0) is 30.3 Å². The molecule has 1 aliphatic heterocycles. The van der Waals surface area contributed by atoms with Crippen LogP contribution in [0.3, 0.4) is 0 Å². The lowest BCUT2D eigenvalue weighted by Crippen LogP contribution is -2.50. The van der Waals surface area contributed by atoms with Crippen molar-refractivity contribution in [2.24, 2.45) is 5.73 Å². The molecule has 0 radical (unpaired) electrons. The van der Waals surface area contributed by atoms with Crippen LogP contribution in [0.1, 0.15) is 5.56 Å². The number of thioether (sulfide) groups is 1. The van der Waals surface area contributed by atoms with Crippen molar-refractivity contribution in [2.45, 2.75) is 28.9 Å². The second kappa shape index (κ2) is 10.4. The molecule has 4 unspecified atom stereocenters. The van der Waals surface area contributed by atoms with E-state index >= 15 is 0 Å². The number of methoxy groups -OCH3 is 1. The number of nitrogens with one attached hydrogen (secondary N) is 1. The lowest BCUT2D eigenvalue weighted by Gasteiger charge is -2.28. The quantitative estimate of drug-likeness (QED) is 0.396. The van der Waals surface area contributed by atoms with Gasteiger partial charge in [0, 0.05) is 16.7 Å². The topological polar surface area (TPSA) is 120 Å². The second-order valence-electron chi connectivity index (χ2n) is 6.76. The first-order valence-electron chi connectivity index (χ1n) is 9.33. The van der Waals surface area contributed by atoms with Crippen molar-refractivity contribution in [3.05, 3.63) is 65.6 Å². The highest BCUT2D eigenvalue weighted by molar-refractivity contribution is 7.99. The van der Waals surface area contributed by atoms with Crippen molar-refractivity contribution in [3.63, 3.8) is 0 Å². The summed E-state index contributed by atoms with van der Waals surface area (Å²) in [5, 5.41) is 31.8. The fourth-order valence-electron chi connectivity index (χ4n) is 2.88. The van der Waals surface area contributed by atoms with Gasteiger partial charge >= 0.3 is 0 Å². The Morgan fingerprint density at radius 2 is 1.94 bits per heavy atom. The van der Waals surface area contributed by atoms with E-state index in [1.807, 2.05) is 0 Å². The standard InChI is InChI=1S/C20H22F3N3O5S/c1-30-11-3-2-4-12(7-11)32-20-18(28)25-26(19(29)16(9-27)31-20)8-15(24)10-5-13(21)17(23)14(22)6-10/h2-8,16,18-20,25,27-29H,9,24H2,1H3/b15-8-. The molecule has 1 aliphatic rings. The fourth-order valence-corrected chi connectivity index (χ4v) is 3.88. The summed E-state index contributed by atoms with van der Waals surface area (Å²) in [5.41, 5.74) is 7.00. The number of rotatable bonds is 6. The molecular formula is C20H22F3N3O5S. The van der Waals surface area contributed by atoms with E-state index in [4.69, 9.17) is 15.2 Å². The molecule has 0 bridgehead atoms. The zero-order valence-electron chi connectivity index (χ0n) is 16.8. The summed E-state index contributed by atoms with van der Waals surface area (Å²) in [7, 11) is 1.51. The molecule has 32 heavy (non-hydrogen) atoms. The molecule has 0 amide bonds. The van der Waals surface area contributed by atoms with Gasteiger partial charge in [0.15, 0.2) is 29.9 Å². The van der Waals surface area contributed by atoms with Gasteiger partial charge in [-0.2, -0.15) is 0 Å². The molecule has 8 nitrogen and oxygen atoms in total. The molecule has 3 rings (SSSR count). The van der Waals surface area contributed by atoms with Crippen LogP contribution in [0, 0.1) is 17.5 Å². The third-order valence-electron chi connectivity index (χ3n) is 4.53. The van der Waals surface area contributed by atoms with E-state index in [0.29, 0.717) is 22.8 Å². The van der Waals surface area contributed by atoms with Crippen LogP contribution in [-0.4, -0.2) is 58.0 Å². The van der Waals surface area contributed by atoms with Gasteiger partial charge in [-0.1, -0.05) is 17.8 Å². The van der Waals surface area contributed by atoms with Crippen molar-refractivity contribution >= 4 is 17.5 Å². The van der Waals surface area contributed by atoms with Gasteiger partial charge < -0.3 is 30.5 Å². The minimum Gasteiger partial charge on any atom is -0.497 e. The van der Waals surface area contributed by atoms with Gasteiger partial charge in [-0.3, -0.25) is 5.01 Å². The summed E-state index contributed by atoms with van der Waals surface area (Å²) in [4.78, 5) is 0.683. The number of aliphatic hydroxyl groups excluding tert-OH is 3. The van der Waals surface area contributed by atoms with Crippen LogP contribution in [0.15, 0.2) is 47.5 Å². The molecule has 0 aliphatic carbocycles. The minimum atomic E-state index is -1.64. The highest BCUT2D eigenvalue weighted by Gasteiger charge is 2.37. The van der Waals surface area contributed by atoms with Crippen molar-refractivity contribution < 1.29 is 38.0 Å². The number of nitrogens with two attached hydrogens (primary N) is 1. The monoisotopic (exact) mass is 473 g/mol. The maximum Gasteiger partial charge on any atom is 0.194 e. The first kappa shape index (κ1) is 24.2. The van der Waals surface area contributed by atoms with Crippen LogP contribution in [-0.2, 0) is 4.74 Å². The number of benzene rings is 2. The van der Waals surface area contributed by atoms with E-state index in [2.05, 4.69) is 5.43 Å². The van der Waals surface area contributed by atoms with E-state index in [-0.39, 0.29) is 11.3 Å². The van der Waals surface area contributed by atoms with Crippen LogP contribution in [0.2, 0.25) is 0 Å². The van der Waals surface area contributed by atoms with E-state index in [0.717, 1.165) is 23.0 Å². The Hall–Kier alpha value is -2.48. The highest BCUT2D eigenvalue weighted by atomic mass is 32.2. The van der Waals surface area contributed by atoms with Crippen molar-refractivity contribution in [3.8, 4) is 5.75 Å². The predicted octanol–water partition coefficient (Wildman–Crippen LogP) is 1.32. The van der Waals surface area contributed by atoms with E-state index in [9.17, 15) is 28.5 Å². The number of aliphatic hydroxyl groups is 3. The Bertz CT molecular complexity index is 960. The van der Waals surface area contributed by atoms with Crippen LogP contribution in [0.25, 0.3) is 5.70 Å². The summed E-state index contributed by atoms with van der Waals surface area (Å²) < 4.78 is 51.1. The Balaban J connectivity index is 1.84. The summed E-state index contributed by atoms with van der Waals surface area (Å²) in [6, 6.07) is 8.32. The second-order valence-corrected chi connectivity index (χ2v) is 7.93. The highest BCUT2D eigenvalue weighted by Crippen LogP contribution is 2.31. The van der Waals surface area contributed by atoms with Gasteiger partial charge in [-0.15, -0.1) is 0 Å². The third-order valence-corrected chi connectivity index (χ3v) is 5.66. The Morgan fingerprint density at radius 3 is 2.56 bits per heavy atom. The summed E-state index contributed by atoms with van der Waals surface area (Å²) in [6.07, 6.45) is -3.08. The Labute approximate surface area is 186 Å². The number of hydrazine groups is 1. The molecular weight excluding hydrogens is 451 g/mol. The molecule has 2 aromatic rings. The van der Waals surface area contributed by atoms with E-state index in [1.54, 1.807) is 24.3 Å². The average Bonchev–Trinajstić information content (AvgIpc) is 2.88. The van der Waals surface area contributed by atoms with Gasteiger partial charge in [-0.25, -0.2) is 18.6 Å². The van der Waals surface area contributed by atoms with Gasteiger partial charge in [0.25, 0.3) is 0 Å². The normalized spacial score (nSPS) is 24.3. The Morgan fingerprint density at radius 1 is 1.25 bits per heavy atom. The van der Waals surface area contributed by atoms with Gasteiger partial charge in [0.05, 0.1) is 19.4 Å². The van der Waals surface area contributed by atoms with Crippen molar-refractivity contribution in [2.75, 3.05) is 13.7 Å². The molecule has 1 saturated heterocycles. The first-order chi connectivity index (χ1) is 15.2. The number of hydrogen-bond donors (Lipinski definition) is 5. The Kier molecular flexibility index (Phi) is 7.87. The predicted molar refractivity (Wildman–Crippen MR) is 110 cm³/mol. The SMILES string of the molecule is COc1cccc(SC2OC(CO)C(O)N(/C=C(\N)c3cc(F)c(F)c(F)c3)NC2O)c1. The van der Waals surface area contributed by atoms with Crippen LogP contribution < -0.4 is 15.9 Å². The largest absolute Gasteiger partial charge is 0.497 e. The maximum absolute atomic E-state index is 13.5. The van der Waals surface area contributed by atoms with Crippen LogP contribution in [0.5, 0.6) is 5.75 Å². The molecule has 0 spiro atoms. The average molecular weight is 473 g/mol. The molecule has 1 fully saturated rings. The molecule has 0 aromatic heterocycles. The van der Waals surface area contributed by atoms with Gasteiger partial charge in [0.2, 0.25) is 0 Å². The number of halogens is 3. The molecule has 6 N–H and O–H groups in total. The van der Waals surface area contributed by atoms with E-state index < -0.39 is 48.1 Å². The molecule has 0 saturated carbocycles. The molecule has 174 valence electrons. The zero-order valence-corrected chi connectivity index (χ0v) is 17.6. The van der Waals surface area contributed by atoms with Crippen molar-refractivity contribution in [1.29, 1.82) is 0 Å². The lowest BCUT2D eigenvalue weighted by atomic mass is 10.1. The van der Waals surface area contributed by atoms with Crippen molar-refractivity contribution in [1.82, 2.24) is 10.4 Å². The maximum atomic E-state index is 13.5. The van der Waals surface area contributed by atoms with Crippen LogP contribution >= 0.6 is 11.8 Å². The van der Waals surface area contributed by atoms with Gasteiger partial charge in [0.1, 0.15) is 17.3 Å². The minimum absolute atomic E-state index is 0.196. The summed E-state index contributed by atoms with van der Waals surface area (Å²) >= 11 is 1.10. The fraction of sp³-hybridized carbons (Fsp3) is 0.300. The molecule has 12 heteroatoms. The number of ether oxygens (including phenoxy) is 2. The zero-order chi connectivity index (χ0) is 23.4. The first-order valence-corrected chi connectivity index (χ1v) is 10.2. The summed E-state index contributed by atoms with van der Waals surface area (Å²) in [6.45, 7) is -0.616. The summed E-state index contributed by atoms with van der Waals surface area (Å²) in [5.74, 6) is -3.93. The molecule has 1 heterocycles. The van der Waals surface area contributed by atoms with E-state index in [1.165, 1.54) is 7.11 Å². The van der Waals surface area contributed by atoms with Crippen LogP contribution in [0.4, 0.5) is 13.2 Å². The third kappa shape index (κ3) is 5.46. The number of hydrogen-bond acceptors (Lipinski definition) is 9. The number of nitrogens with zero attached hydrogens (tertiary/aromatic N) is 1.